The Morgan fingerprint density at radius 2 is 1.74 bits per heavy atom. The topological polar surface area (TPSA) is 48.1 Å². The molecule has 1 fully saturated rings. The zero-order chi connectivity index (χ0) is 21.4. The number of hydrogen-bond acceptors (Lipinski definition) is 5. The number of aryl methyl sites for hydroxylation is 2. The molecule has 1 aliphatic heterocycles. The van der Waals surface area contributed by atoms with E-state index in [9.17, 15) is 0 Å². The summed E-state index contributed by atoms with van der Waals surface area (Å²) in [5.74, 6) is 6.39. The molecule has 0 atom stereocenters. The lowest BCUT2D eigenvalue weighted by molar-refractivity contribution is 0.312. The third-order valence-electron chi connectivity index (χ3n) is 5.91. The van der Waals surface area contributed by atoms with Crippen LogP contribution < -0.4 is 4.90 Å². The number of nitrogens with zero attached hydrogens (tertiary/aromatic N) is 4. The number of pyridine rings is 1. The van der Waals surface area contributed by atoms with E-state index in [-0.39, 0.29) is 0 Å². The van der Waals surface area contributed by atoms with Crippen LogP contribution in [0.25, 0.3) is 22.2 Å². The van der Waals surface area contributed by atoms with Crippen LogP contribution in [0.5, 0.6) is 0 Å². The Labute approximate surface area is 186 Å². The Kier molecular flexibility index (Phi) is 5.23. The number of aromatic nitrogens is 3. The van der Waals surface area contributed by atoms with Crippen LogP contribution in [-0.2, 0) is 0 Å². The summed E-state index contributed by atoms with van der Waals surface area (Å²) in [4.78, 5) is 17.0. The molecule has 0 unspecified atom stereocenters. The summed E-state index contributed by atoms with van der Waals surface area (Å²) >= 11 is 1.55. The minimum absolute atomic E-state index is 0.823. The summed E-state index contributed by atoms with van der Waals surface area (Å²) in [6.45, 7) is 8.82. The lowest BCUT2D eigenvalue weighted by atomic mass is 9.98. The van der Waals surface area contributed by atoms with E-state index < -0.39 is 0 Å². The van der Waals surface area contributed by atoms with Crippen molar-refractivity contribution in [2.24, 2.45) is 0 Å². The van der Waals surface area contributed by atoms with Crippen LogP contribution in [0.4, 0.5) is 5.69 Å². The van der Waals surface area contributed by atoms with Crippen molar-refractivity contribution in [1.82, 2.24) is 19.9 Å². The Bertz CT molecular complexity index is 1260. The number of anilines is 1. The summed E-state index contributed by atoms with van der Waals surface area (Å²) < 4.78 is 0. The monoisotopic (exact) mass is 427 g/mol. The second kappa shape index (κ2) is 8.18. The van der Waals surface area contributed by atoms with Crippen LogP contribution in [-0.4, -0.2) is 53.1 Å². The van der Waals surface area contributed by atoms with E-state index in [1.807, 2.05) is 17.8 Å². The molecule has 1 saturated heterocycles. The fourth-order valence-corrected chi connectivity index (χ4v) is 4.80. The van der Waals surface area contributed by atoms with E-state index in [2.05, 4.69) is 75.7 Å². The highest BCUT2D eigenvalue weighted by atomic mass is 32.1. The Morgan fingerprint density at radius 3 is 2.45 bits per heavy atom. The molecule has 6 heteroatoms. The molecule has 31 heavy (non-hydrogen) atoms. The number of H-pyrrole nitrogens is 1. The van der Waals surface area contributed by atoms with Gasteiger partial charge in [-0.05, 0) is 61.7 Å². The lowest BCUT2D eigenvalue weighted by Gasteiger charge is -2.36. The molecule has 156 valence electrons. The normalized spacial score (nSPS) is 14.6. The zero-order valence-corrected chi connectivity index (χ0v) is 18.9. The maximum Gasteiger partial charge on any atom is 0.167 e. The van der Waals surface area contributed by atoms with Gasteiger partial charge >= 0.3 is 0 Å². The first-order valence-corrected chi connectivity index (χ1v) is 11.4. The van der Waals surface area contributed by atoms with Crippen LogP contribution in [0.15, 0.2) is 42.2 Å². The number of nitrogens with one attached hydrogen (secondary N) is 1. The largest absolute Gasteiger partial charge is 0.369 e. The molecule has 3 aromatic heterocycles. The quantitative estimate of drug-likeness (QED) is 0.480. The molecule has 0 aliphatic carbocycles. The molecule has 4 heterocycles. The smallest absolute Gasteiger partial charge is 0.167 e. The predicted octanol–water partition coefficient (Wildman–Crippen LogP) is 4.45. The molecule has 5 rings (SSSR count). The highest BCUT2D eigenvalue weighted by Crippen LogP contribution is 2.32. The van der Waals surface area contributed by atoms with Crippen LogP contribution in [0, 0.1) is 25.7 Å². The number of thiazole rings is 1. The highest BCUT2D eigenvalue weighted by molar-refractivity contribution is 7.10. The summed E-state index contributed by atoms with van der Waals surface area (Å²) in [7, 11) is 2.19. The third kappa shape index (κ3) is 3.95. The maximum absolute atomic E-state index is 4.65. The van der Waals surface area contributed by atoms with Crippen LogP contribution in [0.2, 0.25) is 0 Å². The average Bonchev–Trinajstić information content (AvgIpc) is 3.42. The van der Waals surface area contributed by atoms with Gasteiger partial charge in [-0.2, -0.15) is 0 Å². The number of likely N-dealkylation sites (N-methyl/N-ethyl adjacent to an activating group) is 1. The summed E-state index contributed by atoms with van der Waals surface area (Å²) in [5, 5.41) is 3.80. The molecule has 0 radical (unpaired) electrons. The van der Waals surface area contributed by atoms with Crippen LogP contribution in [0.3, 0.4) is 0 Å². The molecule has 0 amide bonds. The van der Waals surface area contributed by atoms with Gasteiger partial charge in [-0.25, -0.2) is 9.97 Å². The standard InChI is InChI=1S/C25H25N5S/c1-17-12-20(13-18(2)24(17)30-9-7-29(3)8-10-30)21-14-22-19(15-27-25(22)28-16-21)4-5-23-26-6-11-31-23/h6,11-16H,7-10H2,1-3H3,(H,27,28). The average molecular weight is 428 g/mol. The highest BCUT2D eigenvalue weighted by Gasteiger charge is 2.18. The van der Waals surface area contributed by atoms with Crippen LogP contribution >= 0.6 is 11.3 Å². The van der Waals surface area contributed by atoms with Crippen molar-refractivity contribution in [3.8, 4) is 23.0 Å². The Morgan fingerprint density at radius 1 is 0.968 bits per heavy atom. The molecule has 0 bridgehead atoms. The third-order valence-corrected chi connectivity index (χ3v) is 6.60. The van der Waals surface area contributed by atoms with E-state index in [0.717, 1.165) is 53.3 Å². The molecule has 0 saturated carbocycles. The van der Waals surface area contributed by atoms with Gasteiger partial charge in [0, 0.05) is 66.8 Å². The minimum Gasteiger partial charge on any atom is -0.369 e. The predicted molar refractivity (Wildman–Crippen MR) is 129 cm³/mol. The van der Waals surface area contributed by atoms with E-state index in [4.69, 9.17) is 0 Å². The number of benzene rings is 1. The molecule has 0 spiro atoms. The second-order valence-electron chi connectivity index (χ2n) is 8.16. The van der Waals surface area contributed by atoms with Crippen molar-refractivity contribution < 1.29 is 0 Å². The first-order valence-electron chi connectivity index (χ1n) is 10.5. The molecule has 1 N–H and O–H groups in total. The number of piperazine rings is 1. The zero-order valence-electron chi connectivity index (χ0n) is 18.1. The molecule has 1 aliphatic rings. The fraction of sp³-hybridized carbons (Fsp3) is 0.280. The maximum atomic E-state index is 4.65. The number of fused-ring (bicyclic) bond motifs is 1. The lowest BCUT2D eigenvalue weighted by Crippen LogP contribution is -2.45. The van der Waals surface area contributed by atoms with Gasteiger partial charge in [0.2, 0.25) is 0 Å². The van der Waals surface area contributed by atoms with Gasteiger partial charge in [-0.1, -0.05) is 5.92 Å². The first kappa shape index (κ1) is 19.8. The number of rotatable bonds is 2. The van der Waals surface area contributed by atoms with E-state index in [1.165, 1.54) is 22.4 Å². The van der Waals surface area contributed by atoms with Crippen molar-refractivity contribution in [2.45, 2.75) is 13.8 Å². The Balaban J connectivity index is 1.50. The van der Waals surface area contributed by atoms with Gasteiger partial charge < -0.3 is 14.8 Å². The Hall–Kier alpha value is -3.14. The molecular weight excluding hydrogens is 402 g/mol. The molecule has 5 nitrogen and oxygen atoms in total. The van der Waals surface area contributed by atoms with Gasteiger partial charge in [0.05, 0.1) is 5.56 Å². The second-order valence-corrected chi connectivity index (χ2v) is 9.05. The summed E-state index contributed by atoms with van der Waals surface area (Å²) in [5.41, 5.74) is 8.12. The SMILES string of the molecule is Cc1cc(-c2cnc3[nH]cc(C#Cc4nccs4)c3c2)cc(C)c1N1CCN(C)CC1. The van der Waals surface area contributed by atoms with Crippen molar-refractivity contribution in [3.63, 3.8) is 0 Å². The molecule has 4 aromatic rings. The van der Waals surface area contributed by atoms with Crippen molar-refractivity contribution >= 4 is 28.1 Å². The van der Waals surface area contributed by atoms with E-state index >= 15 is 0 Å². The molecular formula is C25H25N5S. The van der Waals surface area contributed by atoms with Crippen molar-refractivity contribution in [3.05, 3.63) is 63.9 Å². The number of aromatic amines is 1. The van der Waals surface area contributed by atoms with Crippen LogP contribution in [0.1, 0.15) is 21.7 Å². The van der Waals surface area contributed by atoms with Crippen molar-refractivity contribution in [1.29, 1.82) is 0 Å². The fourth-order valence-electron chi connectivity index (χ4n) is 4.32. The van der Waals surface area contributed by atoms with Gasteiger partial charge in [0.15, 0.2) is 5.01 Å². The van der Waals surface area contributed by atoms with Gasteiger partial charge in [0.25, 0.3) is 0 Å². The first-order chi connectivity index (χ1) is 15.1. The molecule has 1 aromatic carbocycles. The number of hydrogen-bond donors (Lipinski definition) is 1. The minimum atomic E-state index is 0.823. The van der Waals surface area contributed by atoms with E-state index in [1.54, 1.807) is 17.5 Å². The van der Waals surface area contributed by atoms with Gasteiger partial charge in [-0.3, -0.25) is 0 Å². The van der Waals surface area contributed by atoms with Gasteiger partial charge in [-0.15, -0.1) is 11.3 Å². The summed E-state index contributed by atoms with van der Waals surface area (Å²) in [6.07, 6.45) is 5.65. The summed E-state index contributed by atoms with van der Waals surface area (Å²) in [6, 6.07) is 6.77. The van der Waals surface area contributed by atoms with Crippen molar-refractivity contribution in [2.75, 3.05) is 38.1 Å². The van der Waals surface area contributed by atoms with E-state index in [0.29, 0.717) is 0 Å². The van der Waals surface area contributed by atoms with Gasteiger partial charge in [0.1, 0.15) is 5.65 Å².